The highest BCUT2D eigenvalue weighted by atomic mass is 16.3. The van der Waals surface area contributed by atoms with E-state index in [0.29, 0.717) is 5.75 Å². The minimum Gasteiger partial charge on any atom is -0.507 e. The Morgan fingerprint density at radius 1 is 0.850 bits per heavy atom. The first-order valence-electron chi connectivity index (χ1n) is 6.54. The second-order valence-electron chi connectivity index (χ2n) is 4.77. The summed E-state index contributed by atoms with van der Waals surface area (Å²) in [4.78, 5) is 0. The van der Waals surface area contributed by atoms with E-state index in [0.717, 1.165) is 27.5 Å². The molecular weight excluding hydrogens is 246 g/mol. The van der Waals surface area contributed by atoms with Crippen LogP contribution in [-0.2, 0) is 0 Å². The Labute approximate surface area is 116 Å². The van der Waals surface area contributed by atoms with Gasteiger partial charge in [-0.1, -0.05) is 36.4 Å². The molecule has 0 amide bonds. The van der Waals surface area contributed by atoms with Crippen LogP contribution in [-0.4, -0.2) is 9.67 Å². The Kier molecular flexibility index (Phi) is 2.30. The first-order valence-corrected chi connectivity index (χ1v) is 6.54. The van der Waals surface area contributed by atoms with Crippen LogP contribution in [0.25, 0.3) is 27.5 Å². The van der Waals surface area contributed by atoms with Gasteiger partial charge < -0.3 is 9.67 Å². The quantitative estimate of drug-likeness (QED) is 0.541. The number of nitrogens with zero attached hydrogens (tertiary/aromatic N) is 1. The zero-order valence-electron chi connectivity index (χ0n) is 10.7. The minimum absolute atomic E-state index is 0.296. The Morgan fingerprint density at radius 3 is 2.45 bits per heavy atom. The van der Waals surface area contributed by atoms with Gasteiger partial charge in [0.25, 0.3) is 0 Å². The van der Waals surface area contributed by atoms with Crippen molar-refractivity contribution in [3.8, 4) is 11.4 Å². The molecule has 0 saturated heterocycles. The second kappa shape index (κ2) is 4.14. The lowest BCUT2D eigenvalue weighted by molar-refractivity contribution is 0.482. The molecule has 0 aliphatic carbocycles. The second-order valence-corrected chi connectivity index (χ2v) is 4.77. The molecule has 20 heavy (non-hydrogen) atoms. The molecule has 0 fully saturated rings. The molecule has 0 saturated carbocycles. The van der Waals surface area contributed by atoms with Gasteiger partial charge in [-0.3, -0.25) is 0 Å². The van der Waals surface area contributed by atoms with Gasteiger partial charge in [-0.2, -0.15) is 0 Å². The number of benzene rings is 3. The smallest absolute Gasteiger partial charge is 0.125 e. The maximum absolute atomic E-state index is 10.2. The van der Waals surface area contributed by atoms with Crippen molar-refractivity contribution in [1.29, 1.82) is 0 Å². The van der Waals surface area contributed by atoms with E-state index in [1.807, 2.05) is 36.4 Å². The number of para-hydroxylation sites is 2. The summed E-state index contributed by atoms with van der Waals surface area (Å²) in [6, 6.07) is 24.9. The van der Waals surface area contributed by atoms with Gasteiger partial charge in [-0.25, -0.2) is 0 Å². The van der Waals surface area contributed by atoms with Gasteiger partial charge >= 0.3 is 0 Å². The molecule has 0 bridgehead atoms. The van der Waals surface area contributed by atoms with E-state index >= 15 is 0 Å². The van der Waals surface area contributed by atoms with E-state index in [2.05, 4.69) is 28.8 Å². The third kappa shape index (κ3) is 1.45. The fraction of sp³-hybridized carbons (Fsp3) is 0. The van der Waals surface area contributed by atoms with Crippen molar-refractivity contribution in [2.45, 2.75) is 0 Å². The molecule has 4 aromatic rings. The van der Waals surface area contributed by atoms with Gasteiger partial charge in [0.2, 0.25) is 0 Å². The first-order chi connectivity index (χ1) is 9.86. The topological polar surface area (TPSA) is 25.2 Å². The maximum Gasteiger partial charge on any atom is 0.125 e. The molecule has 1 radical (unpaired) electrons. The van der Waals surface area contributed by atoms with E-state index in [-0.39, 0.29) is 0 Å². The van der Waals surface area contributed by atoms with Gasteiger partial charge in [0.15, 0.2) is 0 Å². The molecule has 1 heterocycles. The monoisotopic (exact) mass is 258 g/mol. The summed E-state index contributed by atoms with van der Waals surface area (Å²) in [7, 11) is 0. The number of aromatic nitrogens is 1. The lowest BCUT2D eigenvalue weighted by atomic mass is 10.1. The van der Waals surface area contributed by atoms with Crippen LogP contribution in [0.15, 0.2) is 66.7 Å². The summed E-state index contributed by atoms with van der Waals surface area (Å²) in [6.45, 7) is 0. The Hall–Kier alpha value is -2.74. The predicted molar refractivity (Wildman–Crippen MR) is 81.3 cm³/mol. The number of hydrogen-bond acceptors (Lipinski definition) is 1. The molecule has 0 aliphatic heterocycles. The third-order valence-electron chi connectivity index (χ3n) is 3.61. The number of phenolic OH excluding ortho intramolecular Hbond substituents is 1. The maximum atomic E-state index is 10.2. The van der Waals surface area contributed by atoms with Crippen LogP contribution in [0.1, 0.15) is 0 Å². The van der Waals surface area contributed by atoms with Crippen LogP contribution in [0.3, 0.4) is 0 Å². The van der Waals surface area contributed by atoms with Crippen LogP contribution >= 0.6 is 0 Å². The summed E-state index contributed by atoms with van der Waals surface area (Å²) in [5, 5.41) is 12.1. The molecule has 1 aromatic heterocycles. The largest absolute Gasteiger partial charge is 0.507 e. The standard InChI is InChI=1S/C18H12NO/c20-17-12-6-11-16-18(17)14-9-4-5-10-15(14)19(16)13-7-2-1-3-8-13/h1-10,12,20H. The van der Waals surface area contributed by atoms with Crippen molar-refractivity contribution < 1.29 is 5.11 Å². The van der Waals surface area contributed by atoms with Crippen LogP contribution in [0, 0.1) is 6.07 Å². The van der Waals surface area contributed by atoms with E-state index < -0.39 is 0 Å². The van der Waals surface area contributed by atoms with Crippen molar-refractivity contribution in [2.75, 3.05) is 0 Å². The molecule has 2 heteroatoms. The molecular formula is C18H12NO. The van der Waals surface area contributed by atoms with Crippen LogP contribution in [0.4, 0.5) is 0 Å². The van der Waals surface area contributed by atoms with E-state index in [1.165, 1.54) is 0 Å². The Morgan fingerprint density at radius 2 is 1.60 bits per heavy atom. The minimum atomic E-state index is 0.296. The molecule has 95 valence electrons. The van der Waals surface area contributed by atoms with Gasteiger partial charge in [0, 0.05) is 17.1 Å². The Bertz CT molecular complexity index is 907. The first kappa shape index (κ1) is 11.1. The van der Waals surface area contributed by atoms with Crippen molar-refractivity contribution in [3.63, 3.8) is 0 Å². The number of fused-ring (bicyclic) bond motifs is 3. The van der Waals surface area contributed by atoms with Crippen LogP contribution < -0.4 is 0 Å². The molecule has 2 nitrogen and oxygen atoms in total. The van der Waals surface area contributed by atoms with E-state index in [1.54, 1.807) is 12.1 Å². The highest BCUT2D eigenvalue weighted by Gasteiger charge is 2.13. The van der Waals surface area contributed by atoms with Gasteiger partial charge in [0.05, 0.1) is 16.4 Å². The fourth-order valence-corrected chi connectivity index (χ4v) is 2.76. The zero-order valence-corrected chi connectivity index (χ0v) is 10.7. The highest BCUT2D eigenvalue weighted by Crippen LogP contribution is 2.36. The number of aromatic hydroxyl groups is 1. The molecule has 0 unspecified atom stereocenters. The molecule has 0 atom stereocenters. The number of phenols is 1. The molecule has 1 N–H and O–H groups in total. The van der Waals surface area contributed by atoms with E-state index in [9.17, 15) is 5.11 Å². The summed E-state index contributed by atoms with van der Waals surface area (Å²) < 4.78 is 2.13. The lowest BCUT2D eigenvalue weighted by Crippen LogP contribution is -1.92. The number of rotatable bonds is 1. The molecule has 0 aliphatic rings. The van der Waals surface area contributed by atoms with Crippen LogP contribution in [0.5, 0.6) is 5.75 Å². The van der Waals surface area contributed by atoms with Gasteiger partial charge in [-0.05, 0) is 30.3 Å². The third-order valence-corrected chi connectivity index (χ3v) is 3.61. The number of hydrogen-bond donors (Lipinski definition) is 1. The average molecular weight is 258 g/mol. The lowest BCUT2D eigenvalue weighted by Gasteiger charge is -2.06. The molecule has 0 spiro atoms. The summed E-state index contributed by atoms with van der Waals surface area (Å²) in [5.41, 5.74) is 3.05. The van der Waals surface area contributed by atoms with Crippen molar-refractivity contribution in [2.24, 2.45) is 0 Å². The zero-order chi connectivity index (χ0) is 13.5. The fourth-order valence-electron chi connectivity index (χ4n) is 2.76. The molecule has 4 rings (SSSR count). The molecule has 3 aromatic carbocycles. The Balaban J connectivity index is 2.26. The summed E-state index contributed by atoms with van der Waals surface area (Å²) >= 11 is 0. The average Bonchev–Trinajstić information content (AvgIpc) is 2.84. The predicted octanol–water partition coefficient (Wildman–Crippen LogP) is 4.29. The van der Waals surface area contributed by atoms with Crippen LogP contribution in [0.2, 0.25) is 0 Å². The van der Waals surface area contributed by atoms with Crippen molar-refractivity contribution in [1.82, 2.24) is 4.57 Å². The van der Waals surface area contributed by atoms with Gasteiger partial charge in [0.1, 0.15) is 5.75 Å². The van der Waals surface area contributed by atoms with Crippen molar-refractivity contribution in [3.05, 3.63) is 72.8 Å². The summed E-state index contributed by atoms with van der Waals surface area (Å²) in [5.74, 6) is 0.296. The summed E-state index contributed by atoms with van der Waals surface area (Å²) in [6.07, 6.45) is 0. The van der Waals surface area contributed by atoms with Crippen molar-refractivity contribution >= 4 is 21.8 Å². The highest BCUT2D eigenvalue weighted by molar-refractivity contribution is 6.11. The van der Waals surface area contributed by atoms with E-state index in [4.69, 9.17) is 0 Å². The SMILES string of the molecule is Oc1cc[c]c2c1c1ccccc1n2-c1ccccc1. The normalized spacial score (nSPS) is 11.2. The van der Waals surface area contributed by atoms with Gasteiger partial charge in [-0.15, -0.1) is 0 Å².